The standard InChI is InChI=1S/C20H24N2O4/c1-24-16-6-4-15(5-7-16)21-10-12-22(13-11-21)20(23)18-9-8-17(25-2)14-19(18)26-3/h4-9,14H,10-13H2,1-3H3. The molecule has 0 unspecified atom stereocenters. The number of rotatable bonds is 5. The number of ether oxygens (including phenoxy) is 3. The van der Waals surface area contributed by atoms with Crippen molar-refractivity contribution in [3.8, 4) is 17.2 Å². The lowest BCUT2D eigenvalue weighted by molar-refractivity contribution is 0.0743. The summed E-state index contributed by atoms with van der Waals surface area (Å²) in [5, 5.41) is 0. The summed E-state index contributed by atoms with van der Waals surface area (Å²) in [5.74, 6) is 2.03. The Morgan fingerprint density at radius 2 is 1.42 bits per heavy atom. The Kier molecular flexibility index (Phi) is 5.51. The highest BCUT2D eigenvalue weighted by Gasteiger charge is 2.24. The third-order valence-corrected chi connectivity index (χ3v) is 4.64. The van der Waals surface area contributed by atoms with Crippen LogP contribution in [0.2, 0.25) is 0 Å². The van der Waals surface area contributed by atoms with Crippen LogP contribution in [0.1, 0.15) is 10.4 Å². The van der Waals surface area contributed by atoms with Crippen LogP contribution in [0.4, 0.5) is 5.69 Å². The van der Waals surface area contributed by atoms with Crippen molar-refractivity contribution in [1.29, 1.82) is 0 Å². The summed E-state index contributed by atoms with van der Waals surface area (Å²) in [7, 11) is 4.81. The van der Waals surface area contributed by atoms with E-state index in [0.29, 0.717) is 30.2 Å². The SMILES string of the molecule is COc1ccc(N2CCN(C(=O)c3ccc(OC)cc3OC)CC2)cc1. The second kappa shape index (κ2) is 7.99. The average Bonchev–Trinajstić information content (AvgIpc) is 2.73. The van der Waals surface area contributed by atoms with Gasteiger partial charge in [0.15, 0.2) is 0 Å². The van der Waals surface area contributed by atoms with Crippen LogP contribution in [-0.4, -0.2) is 58.3 Å². The Bertz CT molecular complexity index is 753. The van der Waals surface area contributed by atoms with Crippen molar-refractivity contribution in [2.75, 3.05) is 52.4 Å². The number of carbonyl (C=O) groups is 1. The Hall–Kier alpha value is -2.89. The molecule has 0 atom stereocenters. The highest BCUT2D eigenvalue weighted by Crippen LogP contribution is 2.27. The zero-order valence-corrected chi connectivity index (χ0v) is 15.4. The first-order valence-electron chi connectivity index (χ1n) is 8.56. The predicted molar refractivity (Wildman–Crippen MR) is 101 cm³/mol. The smallest absolute Gasteiger partial charge is 0.257 e. The second-order valence-electron chi connectivity index (χ2n) is 6.04. The van der Waals surface area contributed by atoms with Gasteiger partial charge >= 0.3 is 0 Å². The van der Waals surface area contributed by atoms with E-state index < -0.39 is 0 Å². The summed E-state index contributed by atoms with van der Waals surface area (Å²) in [6, 6.07) is 13.3. The molecule has 2 aromatic rings. The molecular weight excluding hydrogens is 332 g/mol. The maximum Gasteiger partial charge on any atom is 0.257 e. The zero-order chi connectivity index (χ0) is 18.5. The first-order valence-corrected chi connectivity index (χ1v) is 8.56. The topological polar surface area (TPSA) is 51.2 Å². The fourth-order valence-corrected chi connectivity index (χ4v) is 3.11. The monoisotopic (exact) mass is 356 g/mol. The third kappa shape index (κ3) is 3.69. The summed E-state index contributed by atoms with van der Waals surface area (Å²) in [5.41, 5.74) is 1.70. The third-order valence-electron chi connectivity index (χ3n) is 4.64. The van der Waals surface area contributed by atoms with Crippen molar-refractivity contribution in [2.24, 2.45) is 0 Å². The molecule has 1 aliphatic heterocycles. The minimum Gasteiger partial charge on any atom is -0.497 e. The van der Waals surface area contributed by atoms with E-state index in [2.05, 4.69) is 4.90 Å². The molecule has 0 bridgehead atoms. The van der Waals surface area contributed by atoms with Gasteiger partial charge < -0.3 is 24.0 Å². The van der Waals surface area contributed by atoms with E-state index in [-0.39, 0.29) is 5.91 Å². The molecule has 0 saturated carbocycles. The fraction of sp³-hybridized carbons (Fsp3) is 0.350. The van der Waals surface area contributed by atoms with Crippen molar-refractivity contribution >= 4 is 11.6 Å². The fourth-order valence-electron chi connectivity index (χ4n) is 3.11. The number of nitrogens with zero attached hydrogens (tertiary/aromatic N) is 2. The number of methoxy groups -OCH3 is 3. The van der Waals surface area contributed by atoms with Gasteiger partial charge in [0.25, 0.3) is 5.91 Å². The highest BCUT2D eigenvalue weighted by atomic mass is 16.5. The molecule has 138 valence electrons. The summed E-state index contributed by atoms with van der Waals surface area (Å²) in [4.78, 5) is 17.0. The minimum atomic E-state index is -0.0149. The molecule has 1 fully saturated rings. The van der Waals surface area contributed by atoms with Crippen LogP contribution < -0.4 is 19.1 Å². The Labute approximate surface area is 153 Å². The number of amides is 1. The number of hydrogen-bond donors (Lipinski definition) is 0. The molecule has 3 rings (SSSR count). The van der Waals surface area contributed by atoms with Gasteiger partial charge in [-0.3, -0.25) is 4.79 Å². The minimum absolute atomic E-state index is 0.0149. The second-order valence-corrected chi connectivity index (χ2v) is 6.04. The van der Waals surface area contributed by atoms with E-state index >= 15 is 0 Å². The summed E-state index contributed by atoms with van der Waals surface area (Å²) in [6.45, 7) is 2.91. The molecule has 1 amide bonds. The van der Waals surface area contributed by atoms with E-state index in [0.717, 1.165) is 24.5 Å². The Morgan fingerprint density at radius 3 is 2.00 bits per heavy atom. The first kappa shape index (κ1) is 17.9. The normalized spacial score (nSPS) is 14.1. The van der Waals surface area contributed by atoms with Gasteiger partial charge in [-0.1, -0.05) is 0 Å². The first-order chi connectivity index (χ1) is 12.7. The molecule has 0 aliphatic carbocycles. The highest BCUT2D eigenvalue weighted by molar-refractivity contribution is 5.97. The molecular formula is C20H24N2O4. The molecule has 1 aliphatic rings. The van der Waals surface area contributed by atoms with Gasteiger partial charge in [-0.2, -0.15) is 0 Å². The molecule has 0 spiro atoms. The van der Waals surface area contributed by atoms with Gasteiger partial charge in [0.05, 0.1) is 26.9 Å². The van der Waals surface area contributed by atoms with Gasteiger partial charge in [0.1, 0.15) is 17.2 Å². The number of hydrogen-bond acceptors (Lipinski definition) is 5. The Morgan fingerprint density at radius 1 is 0.808 bits per heavy atom. The van der Waals surface area contributed by atoms with Crippen molar-refractivity contribution in [2.45, 2.75) is 0 Å². The molecule has 1 saturated heterocycles. The van der Waals surface area contributed by atoms with Crippen LogP contribution in [-0.2, 0) is 0 Å². The molecule has 6 nitrogen and oxygen atoms in total. The van der Waals surface area contributed by atoms with Gasteiger partial charge in [0, 0.05) is 37.9 Å². The van der Waals surface area contributed by atoms with E-state index in [4.69, 9.17) is 14.2 Å². The average molecular weight is 356 g/mol. The van der Waals surface area contributed by atoms with Crippen LogP contribution in [0.15, 0.2) is 42.5 Å². The van der Waals surface area contributed by atoms with Crippen molar-refractivity contribution in [3.05, 3.63) is 48.0 Å². The van der Waals surface area contributed by atoms with Crippen molar-refractivity contribution in [3.63, 3.8) is 0 Å². The molecule has 0 aromatic heterocycles. The largest absolute Gasteiger partial charge is 0.497 e. The molecule has 2 aromatic carbocycles. The summed E-state index contributed by atoms with van der Waals surface area (Å²) < 4.78 is 15.8. The summed E-state index contributed by atoms with van der Waals surface area (Å²) in [6.07, 6.45) is 0. The predicted octanol–water partition coefficient (Wildman–Crippen LogP) is 2.67. The lowest BCUT2D eigenvalue weighted by Crippen LogP contribution is -2.48. The van der Waals surface area contributed by atoms with E-state index in [1.807, 2.05) is 29.2 Å². The number of benzene rings is 2. The molecule has 26 heavy (non-hydrogen) atoms. The molecule has 0 N–H and O–H groups in total. The zero-order valence-electron chi connectivity index (χ0n) is 15.4. The summed E-state index contributed by atoms with van der Waals surface area (Å²) >= 11 is 0. The van der Waals surface area contributed by atoms with Gasteiger partial charge in [0.2, 0.25) is 0 Å². The van der Waals surface area contributed by atoms with Crippen molar-refractivity contribution < 1.29 is 19.0 Å². The van der Waals surface area contributed by atoms with E-state index in [9.17, 15) is 4.79 Å². The van der Waals surface area contributed by atoms with Crippen LogP contribution in [0.5, 0.6) is 17.2 Å². The number of carbonyl (C=O) groups excluding carboxylic acids is 1. The molecule has 6 heteroatoms. The van der Waals surface area contributed by atoms with E-state index in [1.54, 1.807) is 39.5 Å². The molecule has 0 radical (unpaired) electrons. The quantitative estimate of drug-likeness (QED) is 0.824. The maximum absolute atomic E-state index is 12.9. The van der Waals surface area contributed by atoms with E-state index in [1.165, 1.54) is 0 Å². The maximum atomic E-state index is 12.9. The van der Waals surface area contributed by atoms with Crippen LogP contribution in [0, 0.1) is 0 Å². The van der Waals surface area contributed by atoms with Gasteiger partial charge in [-0.25, -0.2) is 0 Å². The Balaban J connectivity index is 1.66. The van der Waals surface area contributed by atoms with Gasteiger partial charge in [-0.15, -0.1) is 0 Å². The van der Waals surface area contributed by atoms with Crippen molar-refractivity contribution in [1.82, 2.24) is 4.90 Å². The number of anilines is 1. The number of piperazine rings is 1. The van der Waals surface area contributed by atoms with Crippen LogP contribution >= 0.6 is 0 Å². The van der Waals surface area contributed by atoms with Gasteiger partial charge in [-0.05, 0) is 36.4 Å². The lowest BCUT2D eigenvalue weighted by atomic mass is 10.1. The van der Waals surface area contributed by atoms with Crippen LogP contribution in [0.3, 0.4) is 0 Å². The molecule has 1 heterocycles. The lowest BCUT2D eigenvalue weighted by Gasteiger charge is -2.36. The van der Waals surface area contributed by atoms with Crippen LogP contribution in [0.25, 0.3) is 0 Å².